The Hall–Kier alpha value is -3.14. The lowest BCUT2D eigenvalue weighted by molar-refractivity contribution is -0.360. The molecule has 0 spiro atoms. The molecule has 0 aromatic carbocycles. The lowest BCUT2D eigenvalue weighted by Crippen LogP contribution is -2.67. The molecule has 2 saturated heterocycles. The second-order valence-electron chi connectivity index (χ2n) is 10.2. The van der Waals surface area contributed by atoms with E-state index >= 15 is 0 Å². The van der Waals surface area contributed by atoms with Gasteiger partial charge in [0.15, 0.2) is 43.1 Å². The average Bonchev–Trinajstić information content (AvgIpc) is 2.94. The normalized spacial score (nSPS) is 30.2. The molecule has 266 valence electrons. The van der Waals surface area contributed by atoms with E-state index in [4.69, 9.17) is 52.1 Å². The highest BCUT2D eigenvalue weighted by Crippen LogP contribution is 2.35. The van der Waals surface area contributed by atoms with Gasteiger partial charge in [0.2, 0.25) is 0 Å². The summed E-state index contributed by atoms with van der Waals surface area (Å²) >= 11 is 2.03. The third-order valence-corrected chi connectivity index (χ3v) is 6.69. The van der Waals surface area contributed by atoms with E-state index in [2.05, 4.69) is 0 Å². The van der Waals surface area contributed by atoms with Crippen molar-refractivity contribution in [1.82, 2.24) is 0 Å². The summed E-state index contributed by atoms with van der Waals surface area (Å²) in [5.74, 6) is -5.72. The second-order valence-corrected chi connectivity index (χ2v) is 11.3. The van der Waals surface area contributed by atoms with Gasteiger partial charge in [-0.3, -0.25) is 33.6 Å². The van der Waals surface area contributed by atoms with Crippen molar-refractivity contribution in [3.05, 3.63) is 0 Å². The van der Waals surface area contributed by atoms with Crippen LogP contribution in [0.15, 0.2) is 0 Å². The lowest BCUT2D eigenvalue weighted by Gasteiger charge is -2.48. The van der Waals surface area contributed by atoms with Crippen molar-refractivity contribution in [2.75, 3.05) is 24.2 Å². The number of carbonyl (C=O) groups excluding carboxylic acids is 7. The van der Waals surface area contributed by atoms with Gasteiger partial charge in [0.1, 0.15) is 31.5 Å². The lowest BCUT2D eigenvalue weighted by atomic mass is 9.96. The quantitative estimate of drug-likeness (QED) is 0.0982. The Morgan fingerprint density at radius 2 is 0.851 bits per heavy atom. The average molecular weight is 791 g/mol. The summed E-state index contributed by atoms with van der Waals surface area (Å²) in [7, 11) is 0. The third kappa shape index (κ3) is 12.8. The molecule has 0 unspecified atom stereocenters. The van der Waals surface area contributed by atoms with Crippen LogP contribution < -0.4 is 0 Å². The number of carbonyl (C=O) groups is 7. The molecular weight excluding hydrogens is 751 g/mol. The molecule has 2 rings (SSSR count). The molecule has 47 heavy (non-hydrogen) atoms. The van der Waals surface area contributed by atoms with Gasteiger partial charge < -0.3 is 52.1 Å². The first kappa shape index (κ1) is 40.0. The minimum absolute atomic E-state index is 0.112. The van der Waals surface area contributed by atoms with Crippen molar-refractivity contribution in [1.29, 1.82) is 0 Å². The van der Waals surface area contributed by atoms with E-state index < -0.39 is 116 Å². The molecule has 18 nitrogen and oxygen atoms in total. The Morgan fingerprint density at radius 3 is 1.28 bits per heavy atom. The minimum atomic E-state index is -1.76. The molecule has 0 aliphatic carbocycles. The predicted octanol–water partition coefficient (Wildman–Crippen LogP) is 0.0577. The van der Waals surface area contributed by atoms with E-state index in [0.717, 1.165) is 48.5 Å². The molecule has 19 heteroatoms. The highest BCUT2D eigenvalue weighted by Gasteiger charge is 2.57. The molecule has 0 aromatic heterocycles. The zero-order valence-corrected chi connectivity index (χ0v) is 29.0. The van der Waals surface area contributed by atoms with Gasteiger partial charge in [0, 0.05) is 52.9 Å². The summed E-state index contributed by atoms with van der Waals surface area (Å²) in [5, 5.41) is 0. The number of alkyl halides is 1. The van der Waals surface area contributed by atoms with Crippen LogP contribution in [0.5, 0.6) is 0 Å². The van der Waals surface area contributed by atoms with Gasteiger partial charge in [-0.15, -0.1) is 0 Å². The first-order valence-electron chi connectivity index (χ1n) is 14.3. The molecule has 2 aliphatic heterocycles. The number of halogens is 1. The van der Waals surface area contributed by atoms with Crippen LogP contribution in [0.4, 0.5) is 0 Å². The maximum Gasteiger partial charge on any atom is 0.303 e. The Morgan fingerprint density at radius 1 is 0.489 bits per heavy atom. The van der Waals surface area contributed by atoms with Crippen LogP contribution >= 0.6 is 22.6 Å². The van der Waals surface area contributed by atoms with Gasteiger partial charge in [-0.05, 0) is 0 Å². The van der Waals surface area contributed by atoms with Crippen LogP contribution in [0.25, 0.3) is 0 Å². The summed E-state index contributed by atoms with van der Waals surface area (Å²) < 4.78 is 62.1. The molecule has 2 heterocycles. The standard InChI is InChI=1S/C28H39IO18/c1-12(30)38-10-19-21(40-14(3)32)23(41-15(4)33)26(44-18(7)36)28(46-19)47-22-20(11-39-13(2)31)45-27(37-9-8-29)25(43-17(6)35)24(22)42-16(5)34/h19-28H,8-11H2,1-7H3/t19-,20-,21-,22-,23+,24+,25-,26-,27-,28+/m1/s1. The van der Waals surface area contributed by atoms with Crippen LogP contribution in [-0.2, 0) is 85.7 Å². The minimum Gasteiger partial charge on any atom is -0.463 e. The number of esters is 7. The van der Waals surface area contributed by atoms with Crippen LogP contribution in [0.2, 0.25) is 0 Å². The fraction of sp³-hybridized carbons (Fsp3) is 0.750. The summed E-state index contributed by atoms with van der Waals surface area (Å²) in [4.78, 5) is 84.6. The molecule has 2 fully saturated rings. The Bertz CT molecular complexity index is 1140. The topological polar surface area (TPSA) is 221 Å². The maximum atomic E-state index is 12.4. The van der Waals surface area contributed by atoms with Crippen LogP contribution in [-0.4, -0.2) is 127 Å². The summed E-state index contributed by atoms with van der Waals surface area (Å²) in [6.07, 6.45) is -15.0. The first-order valence-corrected chi connectivity index (χ1v) is 15.8. The smallest absolute Gasteiger partial charge is 0.303 e. The zero-order valence-electron chi connectivity index (χ0n) is 26.8. The zero-order chi connectivity index (χ0) is 35.4. The summed E-state index contributed by atoms with van der Waals surface area (Å²) in [5.41, 5.74) is 0. The Labute approximate surface area is 283 Å². The fourth-order valence-electron chi connectivity index (χ4n) is 4.77. The van der Waals surface area contributed by atoms with E-state index in [0.29, 0.717) is 4.43 Å². The first-order chi connectivity index (χ1) is 22.0. The van der Waals surface area contributed by atoms with Crippen molar-refractivity contribution < 1.29 is 85.7 Å². The molecule has 0 amide bonds. The highest BCUT2D eigenvalue weighted by molar-refractivity contribution is 14.1. The van der Waals surface area contributed by atoms with Crippen molar-refractivity contribution in [3.63, 3.8) is 0 Å². The molecule has 0 bridgehead atoms. The van der Waals surface area contributed by atoms with E-state index in [1.807, 2.05) is 22.6 Å². The van der Waals surface area contributed by atoms with Gasteiger partial charge in [-0.1, -0.05) is 22.6 Å². The summed E-state index contributed by atoms with van der Waals surface area (Å²) in [6.45, 7) is 6.62. The number of hydrogen-bond donors (Lipinski definition) is 0. The Kier molecular flexibility index (Phi) is 16.2. The van der Waals surface area contributed by atoms with Crippen LogP contribution in [0, 0.1) is 0 Å². The van der Waals surface area contributed by atoms with E-state index in [-0.39, 0.29) is 6.61 Å². The summed E-state index contributed by atoms with van der Waals surface area (Å²) in [6, 6.07) is 0. The third-order valence-electron chi connectivity index (χ3n) is 6.24. The number of ether oxygens (including phenoxy) is 11. The molecule has 0 saturated carbocycles. The molecule has 0 aromatic rings. The molecule has 2 aliphatic rings. The van der Waals surface area contributed by atoms with Gasteiger partial charge >= 0.3 is 41.8 Å². The largest absolute Gasteiger partial charge is 0.463 e. The van der Waals surface area contributed by atoms with Crippen molar-refractivity contribution in [3.8, 4) is 0 Å². The number of rotatable bonds is 14. The second kappa shape index (κ2) is 19.0. The monoisotopic (exact) mass is 790 g/mol. The maximum absolute atomic E-state index is 12.4. The highest BCUT2D eigenvalue weighted by atomic mass is 127. The van der Waals surface area contributed by atoms with Gasteiger partial charge in [-0.25, -0.2) is 0 Å². The molecule has 0 N–H and O–H groups in total. The molecule has 0 radical (unpaired) electrons. The molecule has 10 atom stereocenters. The van der Waals surface area contributed by atoms with E-state index in [1.165, 1.54) is 0 Å². The van der Waals surface area contributed by atoms with Crippen molar-refractivity contribution in [2.24, 2.45) is 0 Å². The SMILES string of the molecule is CC(=O)OC[C@H]1O[C@@H](O[C@H]2[C@H](OC(C)=O)[C@@H](OC(C)=O)[C@H](OCCI)O[C@@H]2COC(C)=O)[C@H](OC(C)=O)[C@@H](OC(C)=O)[C@@H]1OC(C)=O. The van der Waals surface area contributed by atoms with Gasteiger partial charge in [-0.2, -0.15) is 0 Å². The van der Waals surface area contributed by atoms with Gasteiger partial charge in [0.05, 0.1) is 6.61 Å². The van der Waals surface area contributed by atoms with E-state index in [9.17, 15) is 33.6 Å². The fourth-order valence-corrected chi connectivity index (χ4v) is 5.02. The molecular formula is C28H39IO18. The number of hydrogen-bond acceptors (Lipinski definition) is 18. The van der Waals surface area contributed by atoms with Crippen LogP contribution in [0.3, 0.4) is 0 Å². The van der Waals surface area contributed by atoms with Crippen molar-refractivity contribution in [2.45, 2.75) is 110 Å². The van der Waals surface area contributed by atoms with Crippen molar-refractivity contribution >= 4 is 64.4 Å². The van der Waals surface area contributed by atoms with Gasteiger partial charge in [0.25, 0.3) is 0 Å². The predicted molar refractivity (Wildman–Crippen MR) is 158 cm³/mol. The Balaban J connectivity index is 2.71. The van der Waals surface area contributed by atoms with E-state index in [1.54, 1.807) is 0 Å². The van der Waals surface area contributed by atoms with Crippen LogP contribution in [0.1, 0.15) is 48.5 Å².